The SMILES string of the molecule is CC(C)c1ccc(-c2nccc(N(CC(=O)O)Cc3ccc(Cl)s3)n2)cc1.Cl. The van der Waals surface area contributed by atoms with E-state index in [1.807, 2.05) is 24.3 Å². The molecule has 1 aromatic carbocycles. The predicted molar refractivity (Wildman–Crippen MR) is 117 cm³/mol. The molecule has 0 unspecified atom stereocenters. The summed E-state index contributed by atoms with van der Waals surface area (Å²) in [6.07, 6.45) is 1.66. The van der Waals surface area contributed by atoms with Crippen LogP contribution in [0.1, 0.15) is 30.2 Å². The largest absolute Gasteiger partial charge is 0.480 e. The van der Waals surface area contributed by atoms with E-state index in [1.54, 1.807) is 17.2 Å². The second-order valence-corrected chi connectivity index (χ2v) is 8.27. The summed E-state index contributed by atoms with van der Waals surface area (Å²) in [6.45, 7) is 4.56. The highest BCUT2D eigenvalue weighted by Crippen LogP contribution is 2.26. The van der Waals surface area contributed by atoms with E-state index >= 15 is 0 Å². The lowest BCUT2D eigenvalue weighted by molar-refractivity contribution is -0.135. The highest BCUT2D eigenvalue weighted by Gasteiger charge is 2.15. The Bertz CT molecular complexity index is 929. The van der Waals surface area contributed by atoms with E-state index in [2.05, 4.69) is 35.9 Å². The molecule has 0 aliphatic heterocycles. The molecule has 0 amide bonds. The molecule has 148 valence electrons. The number of hydrogen-bond acceptors (Lipinski definition) is 5. The molecule has 0 aliphatic carbocycles. The zero-order valence-electron chi connectivity index (χ0n) is 15.5. The maximum Gasteiger partial charge on any atom is 0.323 e. The van der Waals surface area contributed by atoms with Gasteiger partial charge in [-0.05, 0) is 29.7 Å². The van der Waals surface area contributed by atoms with Crippen LogP contribution < -0.4 is 4.90 Å². The standard InChI is InChI=1S/C20H20ClN3O2S.ClH/c1-13(2)14-3-5-15(6-4-14)20-22-10-9-18(23-20)24(12-19(25)26)11-16-7-8-17(21)27-16;/h3-10,13H,11-12H2,1-2H3,(H,25,26);1H. The van der Waals surface area contributed by atoms with Crippen molar-refractivity contribution >= 4 is 47.1 Å². The van der Waals surface area contributed by atoms with Crippen molar-refractivity contribution in [2.45, 2.75) is 26.3 Å². The quantitative estimate of drug-likeness (QED) is 0.528. The van der Waals surface area contributed by atoms with Crippen molar-refractivity contribution in [2.75, 3.05) is 11.4 Å². The Labute approximate surface area is 179 Å². The summed E-state index contributed by atoms with van der Waals surface area (Å²) >= 11 is 7.42. The summed E-state index contributed by atoms with van der Waals surface area (Å²) in [5.41, 5.74) is 2.15. The first-order valence-electron chi connectivity index (χ1n) is 8.56. The van der Waals surface area contributed by atoms with Gasteiger partial charge in [-0.2, -0.15) is 0 Å². The summed E-state index contributed by atoms with van der Waals surface area (Å²) in [5, 5.41) is 9.29. The number of anilines is 1. The maximum absolute atomic E-state index is 11.3. The molecular formula is C20H21Cl2N3O2S. The number of halogens is 2. The Morgan fingerprint density at radius 2 is 1.89 bits per heavy atom. The molecule has 0 spiro atoms. The van der Waals surface area contributed by atoms with Gasteiger partial charge < -0.3 is 10.0 Å². The second kappa shape index (κ2) is 9.87. The molecule has 1 N–H and O–H groups in total. The molecule has 5 nitrogen and oxygen atoms in total. The molecule has 0 radical (unpaired) electrons. The van der Waals surface area contributed by atoms with Gasteiger partial charge in [-0.3, -0.25) is 4.79 Å². The van der Waals surface area contributed by atoms with Gasteiger partial charge in [0.25, 0.3) is 0 Å². The van der Waals surface area contributed by atoms with Crippen LogP contribution in [0.4, 0.5) is 5.82 Å². The lowest BCUT2D eigenvalue weighted by atomic mass is 10.0. The van der Waals surface area contributed by atoms with Crippen LogP contribution in [0.2, 0.25) is 4.34 Å². The molecule has 3 aromatic rings. The zero-order chi connectivity index (χ0) is 19.4. The van der Waals surface area contributed by atoms with Gasteiger partial charge in [0, 0.05) is 16.6 Å². The van der Waals surface area contributed by atoms with E-state index in [0.717, 1.165) is 10.4 Å². The van der Waals surface area contributed by atoms with Gasteiger partial charge in [0.05, 0.1) is 10.9 Å². The Balaban J connectivity index is 0.00000280. The third-order valence-corrected chi connectivity index (χ3v) is 5.32. The Morgan fingerprint density at radius 1 is 1.18 bits per heavy atom. The molecular weight excluding hydrogens is 417 g/mol. The van der Waals surface area contributed by atoms with Gasteiger partial charge >= 0.3 is 5.97 Å². The number of carboxylic acids is 1. The number of rotatable bonds is 7. The molecule has 0 atom stereocenters. The Kier molecular flexibility index (Phi) is 7.80. The molecule has 0 fully saturated rings. The van der Waals surface area contributed by atoms with Crippen LogP contribution in [-0.4, -0.2) is 27.6 Å². The van der Waals surface area contributed by atoms with E-state index in [1.165, 1.54) is 16.9 Å². The minimum absolute atomic E-state index is 0. The molecule has 0 bridgehead atoms. The van der Waals surface area contributed by atoms with Crippen LogP contribution in [0.5, 0.6) is 0 Å². The van der Waals surface area contributed by atoms with E-state index < -0.39 is 5.97 Å². The van der Waals surface area contributed by atoms with Gasteiger partial charge in [-0.25, -0.2) is 9.97 Å². The molecule has 3 rings (SSSR count). The summed E-state index contributed by atoms with van der Waals surface area (Å²) < 4.78 is 0.675. The summed E-state index contributed by atoms with van der Waals surface area (Å²) in [5.74, 6) is 0.677. The first-order chi connectivity index (χ1) is 12.9. The number of aromatic nitrogens is 2. The fraction of sp³-hybridized carbons (Fsp3) is 0.250. The fourth-order valence-electron chi connectivity index (χ4n) is 2.69. The number of nitrogens with zero attached hydrogens (tertiary/aromatic N) is 3. The molecule has 2 aromatic heterocycles. The van der Waals surface area contributed by atoms with Gasteiger partial charge in [0.1, 0.15) is 12.4 Å². The van der Waals surface area contributed by atoms with E-state index in [4.69, 9.17) is 11.6 Å². The zero-order valence-corrected chi connectivity index (χ0v) is 17.9. The molecule has 0 saturated heterocycles. The van der Waals surface area contributed by atoms with Crippen molar-refractivity contribution in [1.29, 1.82) is 0 Å². The lowest BCUT2D eigenvalue weighted by Gasteiger charge is -2.21. The van der Waals surface area contributed by atoms with Crippen molar-refractivity contribution in [3.05, 3.63) is 63.4 Å². The van der Waals surface area contributed by atoms with Crippen molar-refractivity contribution in [3.63, 3.8) is 0 Å². The molecule has 0 aliphatic rings. The fourth-order valence-corrected chi connectivity index (χ4v) is 3.79. The third kappa shape index (κ3) is 5.67. The van der Waals surface area contributed by atoms with Crippen LogP contribution in [0.3, 0.4) is 0 Å². The number of hydrogen-bond donors (Lipinski definition) is 1. The van der Waals surface area contributed by atoms with Crippen molar-refractivity contribution in [1.82, 2.24) is 9.97 Å². The maximum atomic E-state index is 11.3. The summed E-state index contributed by atoms with van der Waals surface area (Å²) in [6, 6.07) is 13.6. The van der Waals surface area contributed by atoms with E-state index in [9.17, 15) is 9.90 Å². The number of carbonyl (C=O) groups is 1. The second-order valence-electron chi connectivity index (χ2n) is 6.47. The lowest BCUT2D eigenvalue weighted by Crippen LogP contribution is -2.29. The first kappa shape index (κ1) is 22.1. The number of benzene rings is 1. The van der Waals surface area contributed by atoms with Gasteiger partial charge in [-0.1, -0.05) is 49.7 Å². The first-order valence-corrected chi connectivity index (χ1v) is 9.76. The van der Waals surface area contributed by atoms with Crippen molar-refractivity contribution in [2.24, 2.45) is 0 Å². The van der Waals surface area contributed by atoms with Gasteiger partial charge in [0.2, 0.25) is 0 Å². The van der Waals surface area contributed by atoms with Crippen LogP contribution in [0.15, 0.2) is 48.7 Å². The third-order valence-electron chi connectivity index (χ3n) is 4.10. The number of thiophene rings is 1. The summed E-state index contributed by atoms with van der Waals surface area (Å²) in [4.78, 5) is 23.0. The molecule has 28 heavy (non-hydrogen) atoms. The molecule has 2 heterocycles. The average Bonchev–Trinajstić information content (AvgIpc) is 3.06. The minimum atomic E-state index is -0.917. The minimum Gasteiger partial charge on any atom is -0.480 e. The normalized spacial score (nSPS) is 10.6. The van der Waals surface area contributed by atoms with E-state index in [0.29, 0.717) is 28.4 Å². The van der Waals surface area contributed by atoms with Crippen LogP contribution in [0.25, 0.3) is 11.4 Å². The average molecular weight is 438 g/mol. The summed E-state index contributed by atoms with van der Waals surface area (Å²) in [7, 11) is 0. The van der Waals surface area contributed by atoms with Crippen LogP contribution >= 0.6 is 35.3 Å². The van der Waals surface area contributed by atoms with E-state index in [-0.39, 0.29) is 19.0 Å². The molecule has 8 heteroatoms. The van der Waals surface area contributed by atoms with Crippen LogP contribution in [-0.2, 0) is 11.3 Å². The van der Waals surface area contributed by atoms with Gasteiger partial charge in [-0.15, -0.1) is 23.7 Å². The monoisotopic (exact) mass is 437 g/mol. The Morgan fingerprint density at radius 3 is 2.46 bits per heavy atom. The van der Waals surface area contributed by atoms with Crippen LogP contribution in [0, 0.1) is 0 Å². The number of carboxylic acid groups (broad SMARTS) is 1. The predicted octanol–water partition coefficient (Wildman–Crippen LogP) is 5.49. The van der Waals surface area contributed by atoms with Gasteiger partial charge in [0.15, 0.2) is 5.82 Å². The smallest absolute Gasteiger partial charge is 0.323 e. The Hall–Kier alpha value is -2.15. The highest BCUT2D eigenvalue weighted by molar-refractivity contribution is 7.16. The molecule has 0 saturated carbocycles. The highest BCUT2D eigenvalue weighted by atomic mass is 35.5. The number of aliphatic carboxylic acids is 1. The van der Waals surface area contributed by atoms with Crippen molar-refractivity contribution in [3.8, 4) is 11.4 Å². The van der Waals surface area contributed by atoms with Crippen molar-refractivity contribution < 1.29 is 9.90 Å². The topological polar surface area (TPSA) is 66.3 Å².